The zero-order valence-electron chi connectivity index (χ0n) is 13.7. The maximum absolute atomic E-state index is 13.4. The van der Waals surface area contributed by atoms with Crippen LogP contribution in [0.2, 0.25) is 0 Å². The third kappa shape index (κ3) is 5.76. The highest BCUT2D eigenvalue weighted by atomic mass is 19.2. The van der Waals surface area contributed by atoms with E-state index in [0.29, 0.717) is 18.4 Å². The number of nitrogens with one attached hydrogen (secondary N) is 2. The van der Waals surface area contributed by atoms with Crippen molar-refractivity contribution in [3.8, 4) is 0 Å². The maximum atomic E-state index is 13.4. The minimum atomic E-state index is -0.982. The molecule has 0 aliphatic heterocycles. The first kappa shape index (κ1) is 19.3. The Hall–Kier alpha value is -1.73. The number of hydrogen-bond donors (Lipinski definition) is 3. The summed E-state index contributed by atoms with van der Waals surface area (Å²) in [5.74, 6) is -1.93. The Morgan fingerprint density at radius 3 is 2.61 bits per heavy atom. The van der Waals surface area contributed by atoms with Crippen LogP contribution in [0.25, 0.3) is 0 Å². The Morgan fingerprint density at radius 2 is 2.09 bits per heavy atom. The number of urea groups is 1. The minimum Gasteiger partial charge on any atom is -0.396 e. The van der Waals surface area contributed by atoms with Crippen LogP contribution in [0, 0.1) is 11.6 Å². The maximum Gasteiger partial charge on any atom is 0.315 e. The van der Waals surface area contributed by atoms with Crippen molar-refractivity contribution >= 4 is 6.03 Å². The first-order chi connectivity index (χ1) is 10.8. The Balaban J connectivity index is 2.82. The third-order valence-corrected chi connectivity index (χ3v) is 3.84. The lowest BCUT2D eigenvalue weighted by atomic mass is 9.95. The van der Waals surface area contributed by atoms with Gasteiger partial charge in [0.25, 0.3) is 0 Å². The first-order valence-corrected chi connectivity index (χ1v) is 7.48. The van der Waals surface area contributed by atoms with Crippen molar-refractivity contribution in [2.45, 2.75) is 38.3 Å². The summed E-state index contributed by atoms with van der Waals surface area (Å²) in [6, 6.07) is 2.36. The van der Waals surface area contributed by atoms with Gasteiger partial charge in [-0.2, -0.15) is 0 Å². The Morgan fingerprint density at radius 1 is 1.39 bits per heavy atom. The van der Waals surface area contributed by atoms with Gasteiger partial charge in [0.1, 0.15) is 0 Å². The van der Waals surface area contributed by atoms with Crippen molar-refractivity contribution in [1.29, 1.82) is 0 Å². The zero-order chi connectivity index (χ0) is 17.5. The molecule has 0 saturated carbocycles. The molecule has 0 aliphatic rings. The molecule has 0 fully saturated rings. The number of halogens is 2. The van der Waals surface area contributed by atoms with Gasteiger partial charge in [0.2, 0.25) is 0 Å². The van der Waals surface area contributed by atoms with Gasteiger partial charge >= 0.3 is 6.03 Å². The van der Waals surface area contributed by atoms with Gasteiger partial charge < -0.3 is 20.5 Å². The highest BCUT2D eigenvalue weighted by Gasteiger charge is 2.25. The smallest absolute Gasteiger partial charge is 0.315 e. The van der Waals surface area contributed by atoms with Gasteiger partial charge in [0.05, 0.1) is 12.6 Å². The van der Waals surface area contributed by atoms with Gasteiger partial charge in [-0.3, -0.25) is 0 Å². The fraction of sp³-hybridized carbons (Fsp3) is 0.562. The number of rotatable bonds is 8. The molecule has 7 heteroatoms. The second-order valence-corrected chi connectivity index (χ2v) is 5.67. The number of hydrogen-bond acceptors (Lipinski definition) is 3. The summed E-state index contributed by atoms with van der Waals surface area (Å²) < 4.78 is 31.4. The molecule has 0 aromatic heterocycles. The van der Waals surface area contributed by atoms with E-state index in [1.54, 1.807) is 0 Å². The van der Waals surface area contributed by atoms with Crippen molar-refractivity contribution in [1.82, 2.24) is 10.6 Å². The van der Waals surface area contributed by atoms with Crippen LogP contribution in [0.5, 0.6) is 0 Å². The number of aliphatic hydroxyl groups is 1. The largest absolute Gasteiger partial charge is 0.396 e. The van der Waals surface area contributed by atoms with Crippen LogP contribution >= 0.6 is 0 Å². The predicted octanol–water partition coefficient (Wildman–Crippen LogP) is 2.50. The molecule has 2 unspecified atom stereocenters. The summed E-state index contributed by atoms with van der Waals surface area (Å²) in [7, 11) is 1.45. The summed E-state index contributed by atoms with van der Waals surface area (Å²) >= 11 is 0. The van der Waals surface area contributed by atoms with Gasteiger partial charge in [-0.05, 0) is 37.5 Å². The van der Waals surface area contributed by atoms with E-state index >= 15 is 0 Å². The molecule has 2 amide bonds. The Kier molecular flexibility index (Phi) is 7.38. The summed E-state index contributed by atoms with van der Waals surface area (Å²) in [5, 5.41) is 14.6. The predicted molar refractivity (Wildman–Crippen MR) is 83.0 cm³/mol. The first-order valence-electron chi connectivity index (χ1n) is 7.48. The molecular formula is C16H24F2N2O3. The van der Waals surface area contributed by atoms with Gasteiger partial charge in [0, 0.05) is 19.3 Å². The van der Waals surface area contributed by atoms with Crippen molar-refractivity contribution < 1.29 is 23.4 Å². The van der Waals surface area contributed by atoms with E-state index in [-0.39, 0.29) is 13.2 Å². The topological polar surface area (TPSA) is 70.6 Å². The van der Waals surface area contributed by atoms with E-state index < -0.39 is 29.2 Å². The number of ether oxygens (including phenoxy) is 1. The van der Waals surface area contributed by atoms with Gasteiger partial charge in [-0.15, -0.1) is 0 Å². The molecule has 130 valence electrons. The molecule has 0 bridgehead atoms. The van der Waals surface area contributed by atoms with Gasteiger partial charge in [-0.25, -0.2) is 13.6 Å². The number of methoxy groups -OCH3 is 1. The summed E-state index contributed by atoms with van der Waals surface area (Å²) in [4.78, 5) is 12.2. The van der Waals surface area contributed by atoms with E-state index in [1.165, 1.54) is 13.2 Å². The normalized spacial score (nSPS) is 14.9. The Labute approximate surface area is 135 Å². The summed E-state index contributed by atoms with van der Waals surface area (Å²) in [5.41, 5.74) is -0.147. The van der Waals surface area contributed by atoms with E-state index in [1.807, 2.05) is 13.8 Å². The second-order valence-electron chi connectivity index (χ2n) is 5.67. The lowest BCUT2D eigenvalue weighted by Gasteiger charge is -2.30. The average molecular weight is 330 g/mol. The fourth-order valence-corrected chi connectivity index (χ4v) is 2.16. The molecule has 23 heavy (non-hydrogen) atoms. The number of carbonyl (C=O) groups excluding carboxylic acids is 1. The number of benzene rings is 1. The molecule has 3 N–H and O–H groups in total. The average Bonchev–Trinajstić information content (AvgIpc) is 2.49. The molecule has 1 rings (SSSR count). The zero-order valence-corrected chi connectivity index (χ0v) is 13.7. The lowest BCUT2D eigenvalue weighted by Crippen LogP contribution is -2.51. The molecule has 0 heterocycles. The minimum absolute atomic E-state index is 0.0463. The second kappa shape index (κ2) is 8.79. The molecule has 0 radical (unpaired) electrons. The SMILES string of the molecule is CCC(C)(CCO)NC(=O)NC(COC)c1ccc(F)c(F)c1. The molecule has 5 nitrogen and oxygen atoms in total. The summed E-state index contributed by atoms with van der Waals surface area (Å²) in [6.07, 6.45) is 1.05. The van der Waals surface area contributed by atoms with Crippen molar-refractivity contribution in [2.24, 2.45) is 0 Å². The fourth-order valence-electron chi connectivity index (χ4n) is 2.16. The van der Waals surface area contributed by atoms with Crippen LogP contribution < -0.4 is 10.6 Å². The number of aliphatic hydroxyl groups excluding tert-OH is 1. The number of carbonyl (C=O) groups is 1. The standard InChI is InChI=1S/C16H24F2N2O3/c1-4-16(2,7-8-21)20-15(22)19-14(10-23-3)11-5-6-12(17)13(18)9-11/h5-6,9,14,21H,4,7-8,10H2,1-3H3,(H2,19,20,22). The van der Waals surface area contributed by atoms with Gasteiger partial charge in [0.15, 0.2) is 11.6 Å². The highest BCUT2D eigenvalue weighted by Crippen LogP contribution is 2.18. The molecule has 0 saturated heterocycles. The van der Waals surface area contributed by atoms with E-state index in [0.717, 1.165) is 12.1 Å². The van der Waals surface area contributed by atoms with Crippen LogP contribution in [-0.4, -0.2) is 37.0 Å². The van der Waals surface area contributed by atoms with Crippen molar-refractivity contribution in [3.63, 3.8) is 0 Å². The molecule has 1 aromatic carbocycles. The van der Waals surface area contributed by atoms with Crippen LogP contribution in [0.1, 0.15) is 38.3 Å². The van der Waals surface area contributed by atoms with Crippen LogP contribution in [-0.2, 0) is 4.74 Å². The molecule has 1 aromatic rings. The van der Waals surface area contributed by atoms with Crippen LogP contribution in [0.3, 0.4) is 0 Å². The van der Waals surface area contributed by atoms with Gasteiger partial charge in [-0.1, -0.05) is 13.0 Å². The van der Waals surface area contributed by atoms with Crippen molar-refractivity contribution in [3.05, 3.63) is 35.4 Å². The van der Waals surface area contributed by atoms with Crippen molar-refractivity contribution in [2.75, 3.05) is 20.3 Å². The molecule has 0 aliphatic carbocycles. The van der Waals surface area contributed by atoms with Crippen LogP contribution in [0.15, 0.2) is 18.2 Å². The number of amides is 2. The third-order valence-electron chi connectivity index (χ3n) is 3.84. The summed E-state index contributed by atoms with van der Waals surface area (Å²) in [6.45, 7) is 3.79. The van der Waals surface area contributed by atoms with Crippen LogP contribution in [0.4, 0.5) is 13.6 Å². The molecule has 0 spiro atoms. The lowest BCUT2D eigenvalue weighted by molar-refractivity contribution is 0.160. The Bertz CT molecular complexity index is 528. The van der Waals surface area contributed by atoms with E-state index in [4.69, 9.17) is 9.84 Å². The molecular weight excluding hydrogens is 306 g/mol. The van der Waals surface area contributed by atoms with E-state index in [9.17, 15) is 13.6 Å². The van der Waals surface area contributed by atoms with E-state index in [2.05, 4.69) is 10.6 Å². The highest BCUT2D eigenvalue weighted by molar-refractivity contribution is 5.75. The molecule has 2 atom stereocenters. The monoisotopic (exact) mass is 330 g/mol. The quantitative estimate of drug-likeness (QED) is 0.686.